The summed E-state index contributed by atoms with van der Waals surface area (Å²) in [4.78, 5) is 10.8. The third-order valence-corrected chi connectivity index (χ3v) is 3.47. The van der Waals surface area contributed by atoms with Crippen LogP contribution in [0.25, 0.3) is 0 Å². The second-order valence-corrected chi connectivity index (χ2v) is 5.44. The first-order chi connectivity index (χ1) is 10.0. The van der Waals surface area contributed by atoms with Crippen molar-refractivity contribution in [3.05, 3.63) is 56.0 Å². The lowest BCUT2D eigenvalue weighted by Gasteiger charge is -2.11. The van der Waals surface area contributed by atoms with Gasteiger partial charge >= 0.3 is 5.69 Å². The Morgan fingerprint density at radius 2 is 2.10 bits per heavy atom. The van der Waals surface area contributed by atoms with E-state index in [1.807, 2.05) is 6.92 Å². The van der Waals surface area contributed by atoms with E-state index in [1.165, 1.54) is 6.07 Å². The van der Waals surface area contributed by atoms with Crippen molar-refractivity contribution in [2.75, 3.05) is 11.9 Å². The highest BCUT2D eigenvalue weighted by Crippen LogP contribution is 2.40. The lowest BCUT2D eigenvalue weighted by atomic mass is 10.2. The van der Waals surface area contributed by atoms with Gasteiger partial charge in [-0.25, -0.2) is 0 Å². The summed E-state index contributed by atoms with van der Waals surface area (Å²) in [6.45, 7) is 2.43. The molecule has 1 N–H and O–H groups in total. The summed E-state index contributed by atoms with van der Waals surface area (Å²) >= 11 is 9.36. The first-order valence-electron chi connectivity index (χ1n) is 6.17. The fraction of sp³-hybridized carbons (Fsp3) is 0.143. The van der Waals surface area contributed by atoms with Gasteiger partial charge in [-0.1, -0.05) is 33.6 Å². The molecule has 2 aromatic rings. The maximum atomic E-state index is 11.3. The molecule has 0 spiro atoms. The van der Waals surface area contributed by atoms with Crippen LogP contribution in [0.15, 0.2) is 40.9 Å². The smallest absolute Gasteiger partial charge is 0.334 e. The normalized spacial score (nSPS) is 10.2. The average molecular weight is 372 g/mol. The van der Waals surface area contributed by atoms with E-state index in [4.69, 9.17) is 16.3 Å². The van der Waals surface area contributed by atoms with Gasteiger partial charge in [-0.2, -0.15) is 0 Å². The molecular formula is C14H12BrClN2O3. The van der Waals surface area contributed by atoms with E-state index in [0.717, 1.165) is 4.47 Å². The third kappa shape index (κ3) is 3.65. The molecule has 110 valence electrons. The number of nitro benzene ring substituents is 1. The van der Waals surface area contributed by atoms with Crippen molar-refractivity contribution < 1.29 is 9.66 Å². The van der Waals surface area contributed by atoms with Gasteiger partial charge in [-0.15, -0.1) is 0 Å². The van der Waals surface area contributed by atoms with Crippen LogP contribution in [0.1, 0.15) is 6.92 Å². The fourth-order valence-corrected chi connectivity index (χ4v) is 2.30. The predicted octanol–water partition coefficient (Wildman–Crippen LogP) is 5.23. The minimum Gasteiger partial charge on any atom is -0.448 e. The lowest BCUT2D eigenvalue weighted by molar-refractivity contribution is -0.384. The van der Waals surface area contributed by atoms with E-state index in [9.17, 15) is 10.1 Å². The standard InChI is InChI=1S/C14H12BrClN2O3/c1-2-17-11-4-3-5-12(14(11)18(19)20)21-13-8-9(15)6-7-10(13)16/h3-8,17H,2H2,1H3. The van der Waals surface area contributed by atoms with Gasteiger partial charge in [-0.05, 0) is 37.3 Å². The van der Waals surface area contributed by atoms with E-state index in [0.29, 0.717) is 23.0 Å². The van der Waals surface area contributed by atoms with Crippen molar-refractivity contribution in [3.8, 4) is 11.5 Å². The first kappa shape index (κ1) is 15.6. The largest absolute Gasteiger partial charge is 0.448 e. The molecule has 0 aliphatic carbocycles. The highest BCUT2D eigenvalue weighted by Gasteiger charge is 2.21. The van der Waals surface area contributed by atoms with Crippen LogP contribution in [0.3, 0.4) is 0 Å². The maximum absolute atomic E-state index is 11.3. The summed E-state index contributed by atoms with van der Waals surface area (Å²) in [6, 6.07) is 9.94. The molecule has 0 saturated heterocycles. The molecule has 0 saturated carbocycles. The minimum atomic E-state index is -0.473. The third-order valence-electron chi connectivity index (χ3n) is 2.66. The first-order valence-corrected chi connectivity index (χ1v) is 7.34. The Morgan fingerprint density at radius 3 is 2.76 bits per heavy atom. The molecule has 0 aromatic heterocycles. The quantitative estimate of drug-likeness (QED) is 0.577. The number of benzene rings is 2. The van der Waals surface area contributed by atoms with Gasteiger partial charge in [0.2, 0.25) is 5.75 Å². The van der Waals surface area contributed by atoms with Gasteiger partial charge in [0.25, 0.3) is 0 Å². The Bertz CT molecular complexity index is 679. The van der Waals surface area contributed by atoms with Crippen molar-refractivity contribution >= 4 is 38.9 Å². The van der Waals surface area contributed by atoms with E-state index >= 15 is 0 Å². The van der Waals surface area contributed by atoms with Gasteiger partial charge in [0.05, 0.1) is 9.95 Å². The minimum absolute atomic E-state index is 0.115. The van der Waals surface area contributed by atoms with Crippen LogP contribution in [0.2, 0.25) is 5.02 Å². The number of hydrogen-bond acceptors (Lipinski definition) is 4. The van der Waals surface area contributed by atoms with Crippen molar-refractivity contribution in [1.82, 2.24) is 0 Å². The van der Waals surface area contributed by atoms with E-state index in [-0.39, 0.29) is 11.4 Å². The van der Waals surface area contributed by atoms with E-state index in [1.54, 1.807) is 30.3 Å². The Kier molecular flexibility index (Phi) is 5.03. The van der Waals surface area contributed by atoms with Crippen LogP contribution in [-0.4, -0.2) is 11.5 Å². The van der Waals surface area contributed by atoms with E-state index in [2.05, 4.69) is 21.2 Å². The molecule has 0 atom stereocenters. The molecule has 21 heavy (non-hydrogen) atoms. The van der Waals surface area contributed by atoms with Gasteiger partial charge in [0, 0.05) is 11.0 Å². The number of nitrogens with zero attached hydrogens (tertiary/aromatic N) is 1. The Hall–Kier alpha value is -1.79. The van der Waals surface area contributed by atoms with Gasteiger partial charge in [0.1, 0.15) is 11.4 Å². The van der Waals surface area contributed by atoms with Crippen LogP contribution in [0, 0.1) is 10.1 Å². The lowest BCUT2D eigenvalue weighted by Crippen LogP contribution is -2.02. The molecule has 0 heterocycles. The van der Waals surface area contributed by atoms with Gasteiger partial charge < -0.3 is 10.1 Å². The summed E-state index contributed by atoms with van der Waals surface area (Å²) in [5, 5.41) is 14.6. The van der Waals surface area contributed by atoms with Crippen LogP contribution in [-0.2, 0) is 0 Å². The number of nitrogens with one attached hydrogen (secondary N) is 1. The topological polar surface area (TPSA) is 64.4 Å². The molecule has 0 aliphatic rings. The second-order valence-electron chi connectivity index (χ2n) is 4.12. The van der Waals surface area contributed by atoms with Crippen molar-refractivity contribution in [2.24, 2.45) is 0 Å². The van der Waals surface area contributed by atoms with Crippen molar-refractivity contribution in [3.63, 3.8) is 0 Å². The summed E-state index contributed by atoms with van der Waals surface area (Å²) in [7, 11) is 0. The maximum Gasteiger partial charge on any atom is 0.334 e. The van der Waals surface area contributed by atoms with Crippen LogP contribution in [0.5, 0.6) is 11.5 Å². The second kappa shape index (κ2) is 6.78. The molecular weight excluding hydrogens is 360 g/mol. The number of nitro groups is 1. The molecule has 0 amide bonds. The Labute approximate surface area is 135 Å². The predicted molar refractivity (Wildman–Crippen MR) is 86.5 cm³/mol. The van der Waals surface area contributed by atoms with E-state index < -0.39 is 4.92 Å². The highest BCUT2D eigenvalue weighted by atomic mass is 79.9. The van der Waals surface area contributed by atoms with Gasteiger partial charge in [0.15, 0.2) is 0 Å². The zero-order chi connectivity index (χ0) is 15.4. The molecule has 2 rings (SSSR count). The summed E-state index contributed by atoms with van der Waals surface area (Å²) in [5.41, 5.74) is 0.293. The molecule has 0 unspecified atom stereocenters. The van der Waals surface area contributed by atoms with Crippen LogP contribution < -0.4 is 10.1 Å². The monoisotopic (exact) mass is 370 g/mol. The number of para-hydroxylation sites is 1. The molecule has 0 radical (unpaired) electrons. The average Bonchev–Trinajstić information content (AvgIpc) is 2.43. The number of hydrogen-bond donors (Lipinski definition) is 1. The molecule has 0 fully saturated rings. The fourth-order valence-electron chi connectivity index (χ4n) is 1.80. The molecule has 7 heteroatoms. The number of ether oxygens (including phenoxy) is 1. The SMILES string of the molecule is CCNc1cccc(Oc2cc(Br)ccc2Cl)c1[N+](=O)[O-]. The Balaban J connectivity index is 2.46. The number of anilines is 1. The number of rotatable bonds is 5. The van der Waals surface area contributed by atoms with Crippen LogP contribution in [0.4, 0.5) is 11.4 Å². The summed E-state index contributed by atoms with van der Waals surface area (Å²) in [5.74, 6) is 0.487. The molecule has 0 bridgehead atoms. The number of halogens is 2. The summed E-state index contributed by atoms with van der Waals surface area (Å²) in [6.07, 6.45) is 0. The molecule has 0 aliphatic heterocycles. The molecule has 5 nitrogen and oxygen atoms in total. The zero-order valence-electron chi connectivity index (χ0n) is 11.1. The molecule has 2 aromatic carbocycles. The van der Waals surface area contributed by atoms with Crippen molar-refractivity contribution in [2.45, 2.75) is 6.92 Å². The van der Waals surface area contributed by atoms with Crippen molar-refractivity contribution in [1.29, 1.82) is 0 Å². The van der Waals surface area contributed by atoms with Crippen LogP contribution >= 0.6 is 27.5 Å². The highest BCUT2D eigenvalue weighted by molar-refractivity contribution is 9.10. The Morgan fingerprint density at radius 1 is 1.33 bits per heavy atom. The van der Waals surface area contributed by atoms with Gasteiger partial charge in [-0.3, -0.25) is 10.1 Å². The summed E-state index contributed by atoms with van der Waals surface area (Å²) < 4.78 is 6.40. The zero-order valence-corrected chi connectivity index (χ0v) is 13.4.